The number of nitrogens with zero attached hydrogens (tertiary/aromatic N) is 1. The van der Waals surface area contributed by atoms with Crippen molar-refractivity contribution in [2.75, 3.05) is 23.7 Å². The number of halogens is 1. The summed E-state index contributed by atoms with van der Waals surface area (Å²) in [5, 5.41) is 10.4. The number of carbonyl (C=O) groups is 3. The van der Waals surface area contributed by atoms with Gasteiger partial charge >= 0.3 is 6.03 Å². The Morgan fingerprint density at radius 3 is 2.32 bits per heavy atom. The number of likely N-dealkylation sites (tertiary alicyclic amines) is 1. The van der Waals surface area contributed by atoms with Crippen molar-refractivity contribution in [2.45, 2.75) is 19.4 Å². The molecule has 3 N–H and O–H groups in total. The van der Waals surface area contributed by atoms with E-state index in [-0.39, 0.29) is 29.6 Å². The minimum atomic E-state index is -0.310. The molecular weight excluding hydrogens is 455 g/mol. The van der Waals surface area contributed by atoms with Crippen LogP contribution in [0.15, 0.2) is 66.0 Å². The van der Waals surface area contributed by atoms with Crippen molar-refractivity contribution in [3.05, 3.63) is 82.3 Å². The minimum Gasteiger partial charge on any atom is -0.352 e. The van der Waals surface area contributed by atoms with Crippen LogP contribution in [0.3, 0.4) is 0 Å². The zero-order valence-electron chi connectivity index (χ0n) is 18.4. The molecular formula is C25H25FN4O3S. The summed E-state index contributed by atoms with van der Waals surface area (Å²) in [5.74, 6) is -0.729. The van der Waals surface area contributed by atoms with E-state index in [1.807, 2.05) is 11.4 Å². The third kappa shape index (κ3) is 6.20. The Morgan fingerprint density at radius 2 is 1.65 bits per heavy atom. The van der Waals surface area contributed by atoms with Crippen molar-refractivity contribution >= 4 is 40.6 Å². The topological polar surface area (TPSA) is 90.5 Å². The molecule has 0 atom stereocenters. The van der Waals surface area contributed by atoms with Crippen LogP contribution in [0.5, 0.6) is 0 Å². The summed E-state index contributed by atoms with van der Waals surface area (Å²) in [6, 6.07) is 16.3. The average molecular weight is 481 g/mol. The molecule has 2 aromatic carbocycles. The number of carbonyl (C=O) groups excluding carboxylic acids is 3. The third-order valence-corrected chi connectivity index (χ3v) is 6.52. The summed E-state index contributed by atoms with van der Waals surface area (Å²) in [5.41, 5.74) is 2.00. The summed E-state index contributed by atoms with van der Waals surface area (Å²) in [4.78, 5) is 39.7. The Bertz CT molecular complexity index is 1140. The second-order valence-electron chi connectivity index (χ2n) is 8.05. The van der Waals surface area contributed by atoms with Crippen molar-refractivity contribution < 1.29 is 18.8 Å². The van der Waals surface area contributed by atoms with Gasteiger partial charge in [0.05, 0.1) is 4.88 Å². The SMILES string of the molecule is O=C(Nc1cccc(NC(=O)N2CCC(C(=O)NCc3ccc(F)cc3)CC2)c1)c1cccs1. The van der Waals surface area contributed by atoms with Gasteiger partial charge in [0.1, 0.15) is 5.82 Å². The van der Waals surface area contributed by atoms with E-state index in [1.54, 1.807) is 47.4 Å². The zero-order chi connectivity index (χ0) is 23.9. The van der Waals surface area contributed by atoms with Gasteiger partial charge in [-0.1, -0.05) is 24.3 Å². The van der Waals surface area contributed by atoms with E-state index < -0.39 is 0 Å². The molecule has 4 rings (SSSR count). The van der Waals surface area contributed by atoms with Gasteiger partial charge in [0.2, 0.25) is 5.91 Å². The van der Waals surface area contributed by atoms with Gasteiger partial charge in [-0.25, -0.2) is 9.18 Å². The maximum atomic E-state index is 13.0. The van der Waals surface area contributed by atoms with E-state index in [1.165, 1.54) is 23.5 Å². The summed E-state index contributed by atoms with van der Waals surface area (Å²) >= 11 is 1.36. The lowest BCUT2D eigenvalue weighted by atomic mass is 9.96. The van der Waals surface area contributed by atoms with Crippen molar-refractivity contribution in [1.29, 1.82) is 0 Å². The summed E-state index contributed by atoms with van der Waals surface area (Å²) in [6.07, 6.45) is 1.14. The number of hydrogen-bond donors (Lipinski definition) is 3. The van der Waals surface area contributed by atoms with Crippen LogP contribution in [0.1, 0.15) is 28.1 Å². The highest BCUT2D eigenvalue weighted by Crippen LogP contribution is 2.21. The quantitative estimate of drug-likeness (QED) is 0.478. The maximum absolute atomic E-state index is 13.0. The Morgan fingerprint density at radius 1 is 0.941 bits per heavy atom. The molecule has 0 radical (unpaired) electrons. The van der Waals surface area contributed by atoms with E-state index in [2.05, 4.69) is 16.0 Å². The van der Waals surface area contributed by atoms with Gasteiger partial charge in [0.15, 0.2) is 0 Å². The van der Waals surface area contributed by atoms with Gasteiger partial charge in [-0.15, -0.1) is 11.3 Å². The molecule has 2 heterocycles. The van der Waals surface area contributed by atoms with Crippen molar-refractivity contribution in [1.82, 2.24) is 10.2 Å². The number of urea groups is 1. The largest absolute Gasteiger partial charge is 0.352 e. The normalized spacial score (nSPS) is 13.9. The van der Waals surface area contributed by atoms with E-state index in [9.17, 15) is 18.8 Å². The number of anilines is 2. The zero-order valence-corrected chi connectivity index (χ0v) is 19.2. The Kier molecular flexibility index (Phi) is 7.54. The Hall–Kier alpha value is -3.72. The lowest BCUT2D eigenvalue weighted by Gasteiger charge is -2.31. The molecule has 4 amide bonds. The number of thiophene rings is 1. The second-order valence-corrected chi connectivity index (χ2v) is 9.00. The smallest absolute Gasteiger partial charge is 0.321 e. The molecule has 1 aromatic heterocycles. The molecule has 176 valence electrons. The molecule has 1 fully saturated rings. The number of hydrogen-bond acceptors (Lipinski definition) is 4. The number of benzene rings is 2. The van der Waals surface area contributed by atoms with Crippen LogP contribution in [-0.2, 0) is 11.3 Å². The van der Waals surface area contributed by atoms with Crippen LogP contribution < -0.4 is 16.0 Å². The van der Waals surface area contributed by atoms with Crippen LogP contribution in [-0.4, -0.2) is 35.8 Å². The number of amides is 4. The van der Waals surface area contributed by atoms with E-state index in [0.717, 1.165) is 5.56 Å². The molecule has 3 aromatic rings. The predicted octanol–water partition coefficient (Wildman–Crippen LogP) is 4.70. The number of rotatable bonds is 6. The van der Waals surface area contributed by atoms with E-state index >= 15 is 0 Å². The van der Waals surface area contributed by atoms with Crippen molar-refractivity contribution in [3.8, 4) is 0 Å². The highest BCUT2D eigenvalue weighted by molar-refractivity contribution is 7.12. The highest BCUT2D eigenvalue weighted by Gasteiger charge is 2.27. The third-order valence-electron chi connectivity index (χ3n) is 5.65. The van der Waals surface area contributed by atoms with Gasteiger partial charge in [0.25, 0.3) is 5.91 Å². The molecule has 0 unspecified atom stereocenters. The summed E-state index contributed by atoms with van der Waals surface area (Å²) in [6.45, 7) is 1.28. The highest BCUT2D eigenvalue weighted by atomic mass is 32.1. The fraction of sp³-hybridized carbons (Fsp3) is 0.240. The molecule has 34 heavy (non-hydrogen) atoms. The maximum Gasteiger partial charge on any atom is 0.321 e. The van der Waals surface area contributed by atoms with E-state index in [0.29, 0.717) is 48.7 Å². The molecule has 0 saturated carbocycles. The molecule has 0 spiro atoms. The molecule has 0 aliphatic carbocycles. The lowest BCUT2D eigenvalue weighted by Crippen LogP contribution is -2.44. The van der Waals surface area contributed by atoms with Crippen molar-refractivity contribution in [3.63, 3.8) is 0 Å². The molecule has 7 nitrogen and oxygen atoms in total. The summed E-state index contributed by atoms with van der Waals surface area (Å²) in [7, 11) is 0. The first-order valence-electron chi connectivity index (χ1n) is 11.0. The van der Waals surface area contributed by atoms with Gasteiger partial charge in [-0.05, 0) is 60.2 Å². The number of piperidine rings is 1. The average Bonchev–Trinajstić information content (AvgIpc) is 3.39. The van der Waals surface area contributed by atoms with Crippen LogP contribution in [0.25, 0.3) is 0 Å². The molecule has 1 aliphatic rings. The lowest BCUT2D eigenvalue weighted by molar-refractivity contribution is -0.126. The molecule has 9 heteroatoms. The Labute approximate surface area is 201 Å². The summed E-state index contributed by atoms with van der Waals surface area (Å²) < 4.78 is 13.0. The first-order chi connectivity index (χ1) is 16.5. The standard InChI is InChI=1S/C25H25FN4O3S/c26-19-8-6-17(7-9-19)16-27-23(31)18-10-12-30(13-11-18)25(33)29-21-4-1-3-20(15-21)28-24(32)22-5-2-14-34-22/h1-9,14-15,18H,10-13,16H2,(H,27,31)(H,28,32)(H,29,33). The van der Waals surface area contributed by atoms with Crippen LogP contribution >= 0.6 is 11.3 Å². The molecule has 0 bridgehead atoms. The van der Waals surface area contributed by atoms with Crippen molar-refractivity contribution in [2.24, 2.45) is 5.92 Å². The van der Waals surface area contributed by atoms with Gasteiger partial charge in [0, 0.05) is 36.9 Å². The van der Waals surface area contributed by atoms with E-state index in [4.69, 9.17) is 0 Å². The monoisotopic (exact) mass is 480 g/mol. The first kappa shape index (κ1) is 23.4. The number of nitrogens with one attached hydrogen (secondary N) is 3. The predicted molar refractivity (Wildman–Crippen MR) is 130 cm³/mol. The molecule has 1 saturated heterocycles. The van der Waals surface area contributed by atoms with Gasteiger partial charge < -0.3 is 20.9 Å². The first-order valence-corrected chi connectivity index (χ1v) is 11.9. The van der Waals surface area contributed by atoms with Crippen LogP contribution in [0.2, 0.25) is 0 Å². The van der Waals surface area contributed by atoms with Crippen LogP contribution in [0, 0.1) is 11.7 Å². The molecule has 1 aliphatic heterocycles. The fourth-order valence-electron chi connectivity index (χ4n) is 3.76. The van der Waals surface area contributed by atoms with Gasteiger partial charge in [-0.3, -0.25) is 9.59 Å². The minimum absolute atomic E-state index is 0.0569. The van der Waals surface area contributed by atoms with Gasteiger partial charge in [-0.2, -0.15) is 0 Å². The van der Waals surface area contributed by atoms with Crippen LogP contribution in [0.4, 0.5) is 20.6 Å². The fourth-order valence-corrected chi connectivity index (χ4v) is 4.38. The Balaban J connectivity index is 1.24. The second kappa shape index (κ2) is 10.9.